The van der Waals surface area contributed by atoms with Crippen LogP contribution in [0.2, 0.25) is 0 Å². The number of carbonyl (C=O) groups excluding carboxylic acids is 1. The number of hydrogen-bond donors (Lipinski definition) is 0. The summed E-state index contributed by atoms with van der Waals surface area (Å²) in [4.78, 5) is 11.4. The van der Waals surface area contributed by atoms with Crippen LogP contribution in [-0.2, 0) is 14.3 Å². The molecule has 1 saturated carbocycles. The van der Waals surface area contributed by atoms with Crippen molar-refractivity contribution >= 4 is 5.97 Å². The first-order valence-electron chi connectivity index (χ1n) is 5.75. The standard InChI is InChI=1S/C12H20O3/c1-11(2)5-4-6-12(8-7-11)9(15-12)10(13)14-3/h9H,4-8H2,1-3H3. The third kappa shape index (κ3) is 2.03. The van der Waals surface area contributed by atoms with Crippen LogP contribution in [-0.4, -0.2) is 24.8 Å². The van der Waals surface area contributed by atoms with Crippen LogP contribution >= 0.6 is 0 Å². The maximum atomic E-state index is 11.4. The molecule has 0 N–H and O–H groups in total. The van der Waals surface area contributed by atoms with Gasteiger partial charge in [-0.05, 0) is 37.5 Å². The van der Waals surface area contributed by atoms with Crippen molar-refractivity contribution in [2.75, 3.05) is 7.11 Å². The van der Waals surface area contributed by atoms with E-state index < -0.39 is 0 Å². The minimum Gasteiger partial charge on any atom is -0.467 e. The molecule has 1 spiro atoms. The van der Waals surface area contributed by atoms with E-state index in [-0.39, 0.29) is 17.7 Å². The predicted octanol–water partition coefficient (Wildman–Crippen LogP) is 2.29. The van der Waals surface area contributed by atoms with Crippen LogP contribution < -0.4 is 0 Å². The fraction of sp³-hybridized carbons (Fsp3) is 0.917. The lowest BCUT2D eigenvalue weighted by Crippen LogP contribution is -2.22. The molecule has 0 radical (unpaired) electrons. The molecular weight excluding hydrogens is 192 g/mol. The molecule has 1 saturated heterocycles. The summed E-state index contributed by atoms with van der Waals surface area (Å²) in [6.45, 7) is 4.59. The van der Waals surface area contributed by atoms with E-state index in [2.05, 4.69) is 13.8 Å². The smallest absolute Gasteiger partial charge is 0.338 e. The van der Waals surface area contributed by atoms with E-state index in [1.165, 1.54) is 13.5 Å². The van der Waals surface area contributed by atoms with Crippen LogP contribution in [0.25, 0.3) is 0 Å². The maximum absolute atomic E-state index is 11.4. The van der Waals surface area contributed by atoms with Crippen LogP contribution in [0.4, 0.5) is 0 Å². The zero-order chi connectivity index (χ0) is 11.1. The van der Waals surface area contributed by atoms with Gasteiger partial charge in [0.15, 0.2) is 6.10 Å². The topological polar surface area (TPSA) is 38.8 Å². The lowest BCUT2D eigenvalue weighted by Gasteiger charge is -2.21. The van der Waals surface area contributed by atoms with Crippen molar-refractivity contribution in [2.24, 2.45) is 5.41 Å². The van der Waals surface area contributed by atoms with Gasteiger partial charge in [0.05, 0.1) is 7.11 Å². The first-order chi connectivity index (χ1) is 6.99. The van der Waals surface area contributed by atoms with E-state index in [4.69, 9.17) is 9.47 Å². The molecule has 3 heteroatoms. The van der Waals surface area contributed by atoms with E-state index in [1.54, 1.807) is 0 Å². The van der Waals surface area contributed by atoms with Gasteiger partial charge in [-0.2, -0.15) is 0 Å². The van der Waals surface area contributed by atoms with Crippen LogP contribution in [0, 0.1) is 5.41 Å². The summed E-state index contributed by atoms with van der Waals surface area (Å²) in [5.74, 6) is -0.199. The highest BCUT2D eigenvalue weighted by Crippen LogP contribution is 2.50. The zero-order valence-corrected chi connectivity index (χ0v) is 9.84. The summed E-state index contributed by atoms with van der Waals surface area (Å²) >= 11 is 0. The Hall–Kier alpha value is -0.570. The number of epoxide rings is 1. The third-order valence-corrected chi connectivity index (χ3v) is 3.87. The van der Waals surface area contributed by atoms with Crippen molar-refractivity contribution in [3.63, 3.8) is 0 Å². The Kier molecular flexibility index (Phi) is 2.53. The summed E-state index contributed by atoms with van der Waals surface area (Å²) in [5, 5.41) is 0. The molecule has 1 heterocycles. The van der Waals surface area contributed by atoms with Gasteiger partial charge in [0.1, 0.15) is 5.60 Å². The second-order valence-corrected chi connectivity index (χ2v) is 5.60. The molecule has 3 nitrogen and oxygen atoms in total. The molecular formula is C12H20O3. The van der Waals surface area contributed by atoms with E-state index in [9.17, 15) is 4.79 Å². The second-order valence-electron chi connectivity index (χ2n) is 5.60. The van der Waals surface area contributed by atoms with E-state index in [0.29, 0.717) is 5.41 Å². The molecule has 2 fully saturated rings. The summed E-state index contributed by atoms with van der Waals surface area (Å²) < 4.78 is 10.3. The van der Waals surface area contributed by atoms with Gasteiger partial charge in [0, 0.05) is 0 Å². The third-order valence-electron chi connectivity index (χ3n) is 3.87. The van der Waals surface area contributed by atoms with Gasteiger partial charge >= 0.3 is 5.97 Å². The first kappa shape index (κ1) is 10.9. The number of carbonyl (C=O) groups is 1. The fourth-order valence-electron chi connectivity index (χ4n) is 2.62. The zero-order valence-electron chi connectivity index (χ0n) is 9.84. The minimum atomic E-state index is -0.281. The van der Waals surface area contributed by atoms with E-state index in [1.807, 2.05) is 0 Å². The number of methoxy groups -OCH3 is 1. The number of rotatable bonds is 1. The van der Waals surface area contributed by atoms with E-state index >= 15 is 0 Å². The van der Waals surface area contributed by atoms with Crippen LogP contribution in [0.3, 0.4) is 0 Å². The molecule has 2 aliphatic rings. The van der Waals surface area contributed by atoms with Gasteiger partial charge < -0.3 is 9.47 Å². The number of esters is 1. The van der Waals surface area contributed by atoms with Gasteiger partial charge in [-0.3, -0.25) is 0 Å². The Bertz CT molecular complexity index is 272. The Balaban J connectivity index is 1.99. The minimum absolute atomic E-state index is 0.166. The normalized spacial score (nSPS) is 38.5. The SMILES string of the molecule is COC(=O)C1OC12CCCC(C)(C)CC2. The highest BCUT2D eigenvalue weighted by Gasteiger charge is 2.61. The highest BCUT2D eigenvalue weighted by molar-refractivity contribution is 5.79. The number of hydrogen-bond acceptors (Lipinski definition) is 3. The van der Waals surface area contributed by atoms with Crippen molar-refractivity contribution in [2.45, 2.75) is 57.7 Å². The molecule has 2 atom stereocenters. The number of ether oxygens (including phenoxy) is 2. The second kappa shape index (κ2) is 3.48. The first-order valence-corrected chi connectivity index (χ1v) is 5.75. The summed E-state index contributed by atoms with van der Waals surface area (Å²) in [6, 6.07) is 0. The average Bonchev–Trinajstić information content (AvgIpc) is 2.91. The summed E-state index contributed by atoms with van der Waals surface area (Å²) in [7, 11) is 1.43. The van der Waals surface area contributed by atoms with Gasteiger partial charge in [0.2, 0.25) is 0 Å². The molecule has 2 unspecified atom stereocenters. The Morgan fingerprint density at radius 2 is 2.00 bits per heavy atom. The molecule has 0 bridgehead atoms. The van der Waals surface area contributed by atoms with Crippen LogP contribution in [0.1, 0.15) is 46.0 Å². The predicted molar refractivity (Wildman–Crippen MR) is 56.5 cm³/mol. The molecule has 15 heavy (non-hydrogen) atoms. The average molecular weight is 212 g/mol. The van der Waals surface area contributed by atoms with Gasteiger partial charge in [-0.15, -0.1) is 0 Å². The summed E-state index contributed by atoms with van der Waals surface area (Å²) in [6.07, 6.45) is 5.25. The molecule has 0 aromatic rings. The molecule has 2 rings (SSSR count). The summed E-state index contributed by atoms with van der Waals surface area (Å²) in [5.41, 5.74) is 0.233. The Morgan fingerprint density at radius 1 is 1.27 bits per heavy atom. The maximum Gasteiger partial charge on any atom is 0.338 e. The molecule has 86 valence electrons. The fourth-order valence-corrected chi connectivity index (χ4v) is 2.62. The van der Waals surface area contributed by atoms with Crippen molar-refractivity contribution < 1.29 is 14.3 Å². The molecule has 0 aromatic heterocycles. The quantitative estimate of drug-likeness (QED) is 0.494. The van der Waals surface area contributed by atoms with Gasteiger partial charge in [-0.1, -0.05) is 13.8 Å². The van der Waals surface area contributed by atoms with Crippen molar-refractivity contribution in [1.29, 1.82) is 0 Å². The lowest BCUT2D eigenvalue weighted by molar-refractivity contribution is -0.142. The van der Waals surface area contributed by atoms with E-state index in [0.717, 1.165) is 25.7 Å². The molecule has 1 aliphatic heterocycles. The van der Waals surface area contributed by atoms with Crippen molar-refractivity contribution in [3.8, 4) is 0 Å². The van der Waals surface area contributed by atoms with Gasteiger partial charge in [0.25, 0.3) is 0 Å². The monoisotopic (exact) mass is 212 g/mol. The largest absolute Gasteiger partial charge is 0.467 e. The molecule has 1 aliphatic carbocycles. The van der Waals surface area contributed by atoms with Crippen LogP contribution in [0.15, 0.2) is 0 Å². The van der Waals surface area contributed by atoms with Crippen molar-refractivity contribution in [1.82, 2.24) is 0 Å². The highest BCUT2D eigenvalue weighted by atomic mass is 16.7. The van der Waals surface area contributed by atoms with Crippen molar-refractivity contribution in [3.05, 3.63) is 0 Å². The Morgan fingerprint density at radius 3 is 2.67 bits per heavy atom. The molecule has 0 amide bonds. The Labute approximate surface area is 91.1 Å². The lowest BCUT2D eigenvalue weighted by atomic mass is 9.84. The van der Waals surface area contributed by atoms with Gasteiger partial charge in [-0.25, -0.2) is 4.79 Å². The van der Waals surface area contributed by atoms with Crippen LogP contribution in [0.5, 0.6) is 0 Å². The molecule has 0 aromatic carbocycles.